The van der Waals surface area contributed by atoms with Gasteiger partial charge in [0.15, 0.2) is 0 Å². The first-order valence-electron chi connectivity index (χ1n) is 9.39. The first-order chi connectivity index (χ1) is 13.8. The molecule has 0 bridgehead atoms. The second kappa shape index (κ2) is 7.16. The van der Waals surface area contributed by atoms with Crippen LogP contribution in [0.2, 0.25) is 0 Å². The zero-order valence-corrected chi connectivity index (χ0v) is 16.0. The molecule has 1 unspecified atom stereocenters. The summed E-state index contributed by atoms with van der Waals surface area (Å²) in [6.07, 6.45) is 4.87. The Hall–Kier alpha value is -3.06. The summed E-state index contributed by atoms with van der Waals surface area (Å²) >= 11 is 1.16. The molecule has 5 rings (SSSR count). The highest BCUT2D eigenvalue weighted by Crippen LogP contribution is 2.30. The van der Waals surface area contributed by atoms with Crippen LogP contribution in [0.3, 0.4) is 0 Å². The van der Waals surface area contributed by atoms with Crippen molar-refractivity contribution < 1.29 is 4.79 Å². The van der Waals surface area contributed by atoms with E-state index in [9.17, 15) is 4.79 Å². The normalized spacial score (nSPS) is 16.1. The van der Waals surface area contributed by atoms with Crippen molar-refractivity contribution in [3.63, 3.8) is 0 Å². The van der Waals surface area contributed by atoms with E-state index in [1.807, 2.05) is 36.5 Å². The average molecular weight is 389 g/mol. The van der Waals surface area contributed by atoms with E-state index >= 15 is 0 Å². The standard InChI is InChI=1S/C21H19N5OS/c27-21(15-9-10-18-19(11-15)25-28-24-18)23-17-7-4-8-20-16(17)12-22-26(20)13-14-5-2-1-3-6-14/h1-3,5-6,9-12,17H,4,7-8,13H2,(H,23,27). The molecule has 140 valence electrons. The molecule has 28 heavy (non-hydrogen) atoms. The molecule has 0 fully saturated rings. The van der Waals surface area contributed by atoms with E-state index in [2.05, 4.69) is 36.0 Å². The summed E-state index contributed by atoms with van der Waals surface area (Å²) in [4.78, 5) is 12.8. The van der Waals surface area contributed by atoms with E-state index in [0.29, 0.717) is 5.56 Å². The van der Waals surface area contributed by atoms with Crippen molar-refractivity contribution in [2.45, 2.75) is 31.8 Å². The van der Waals surface area contributed by atoms with Crippen molar-refractivity contribution in [3.05, 3.63) is 77.1 Å². The molecule has 1 aliphatic rings. The number of carbonyl (C=O) groups is 1. The number of hydrogen-bond donors (Lipinski definition) is 1. The van der Waals surface area contributed by atoms with E-state index in [1.54, 1.807) is 6.07 Å². The molecule has 2 heterocycles. The predicted octanol–water partition coefficient (Wildman–Crippen LogP) is 3.74. The van der Waals surface area contributed by atoms with Crippen molar-refractivity contribution in [2.24, 2.45) is 0 Å². The lowest BCUT2D eigenvalue weighted by Crippen LogP contribution is -2.31. The van der Waals surface area contributed by atoms with Gasteiger partial charge in [-0.15, -0.1) is 0 Å². The molecular weight excluding hydrogens is 370 g/mol. The molecule has 0 saturated heterocycles. The summed E-state index contributed by atoms with van der Waals surface area (Å²) in [7, 11) is 0. The minimum absolute atomic E-state index is 0.00923. The van der Waals surface area contributed by atoms with Gasteiger partial charge in [-0.3, -0.25) is 9.48 Å². The summed E-state index contributed by atoms with van der Waals surface area (Å²) in [6.45, 7) is 0.754. The maximum Gasteiger partial charge on any atom is 0.251 e. The number of benzene rings is 2. The van der Waals surface area contributed by atoms with E-state index in [0.717, 1.165) is 54.1 Å². The third-order valence-corrected chi connectivity index (χ3v) is 5.82. The lowest BCUT2D eigenvalue weighted by molar-refractivity contribution is 0.0932. The Kier molecular flexibility index (Phi) is 4.37. The average Bonchev–Trinajstić information content (AvgIpc) is 3.36. The van der Waals surface area contributed by atoms with Crippen LogP contribution in [0.15, 0.2) is 54.7 Å². The molecule has 4 aromatic rings. The lowest BCUT2D eigenvalue weighted by Gasteiger charge is -2.24. The number of nitrogens with one attached hydrogen (secondary N) is 1. The SMILES string of the molecule is O=C(NC1CCCc2c1cnn2Cc1ccccc1)c1ccc2nsnc2c1. The van der Waals surface area contributed by atoms with Gasteiger partial charge in [-0.2, -0.15) is 13.8 Å². The Morgan fingerprint density at radius 3 is 2.89 bits per heavy atom. The van der Waals surface area contributed by atoms with Crippen LogP contribution in [-0.2, 0) is 13.0 Å². The fourth-order valence-electron chi connectivity index (χ4n) is 3.83. The van der Waals surface area contributed by atoms with Crippen LogP contribution in [0.4, 0.5) is 0 Å². The first kappa shape index (κ1) is 17.1. The van der Waals surface area contributed by atoms with Crippen LogP contribution in [0.5, 0.6) is 0 Å². The number of hydrogen-bond acceptors (Lipinski definition) is 5. The molecule has 0 aliphatic heterocycles. The van der Waals surface area contributed by atoms with Gasteiger partial charge in [-0.25, -0.2) is 0 Å². The van der Waals surface area contributed by atoms with Crippen molar-refractivity contribution in [2.75, 3.05) is 0 Å². The van der Waals surface area contributed by atoms with E-state index < -0.39 is 0 Å². The Labute approximate surface area is 166 Å². The largest absolute Gasteiger partial charge is 0.345 e. The van der Waals surface area contributed by atoms with Gasteiger partial charge < -0.3 is 5.32 Å². The monoisotopic (exact) mass is 389 g/mol. The van der Waals surface area contributed by atoms with Crippen LogP contribution < -0.4 is 5.32 Å². The van der Waals surface area contributed by atoms with E-state index in [-0.39, 0.29) is 11.9 Å². The highest BCUT2D eigenvalue weighted by Gasteiger charge is 2.26. The van der Waals surface area contributed by atoms with Crippen LogP contribution in [0, 0.1) is 0 Å². The van der Waals surface area contributed by atoms with Crippen LogP contribution >= 0.6 is 11.7 Å². The third kappa shape index (κ3) is 3.18. The maximum absolute atomic E-state index is 12.8. The second-order valence-electron chi connectivity index (χ2n) is 7.08. The summed E-state index contributed by atoms with van der Waals surface area (Å²) in [5, 5.41) is 7.79. The molecule has 1 atom stereocenters. The number of aromatic nitrogens is 4. The lowest BCUT2D eigenvalue weighted by atomic mass is 9.92. The van der Waals surface area contributed by atoms with Crippen molar-refractivity contribution in [3.8, 4) is 0 Å². The topological polar surface area (TPSA) is 72.7 Å². The van der Waals surface area contributed by atoms with E-state index in [4.69, 9.17) is 0 Å². The fourth-order valence-corrected chi connectivity index (χ4v) is 4.34. The number of fused-ring (bicyclic) bond motifs is 2. The van der Waals surface area contributed by atoms with Gasteiger partial charge in [0, 0.05) is 16.8 Å². The maximum atomic E-state index is 12.8. The molecule has 2 aromatic carbocycles. The van der Waals surface area contributed by atoms with Gasteiger partial charge in [0.25, 0.3) is 5.91 Å². The van der Waals surface area contributed by atoms with Gasteiger partial charge in [0.1, 0.15) is 11.0 Å². The molecule has 0 saturated carbocycles. The zero-order valence-electron chi connectivity index (χ0n) is 15.2. The second-order valence-corrected chi connectivity index (χ2v) is 7.60. The summed E-state index contributed by atoms with van der Waals surface area (Å²) in [6, 6.07) is 15.8. The molecular formula is C21H19N5OS. The number of carbonyl (C=O) groups excluding carboxylic acids is 1. The molecule has 1 amide bonds. The molecule has 1 aliphatic carbocycles. The van der Waals surface area contributed by atoms with E-state index in [1.165, 1.54) is 11.3 Å². The summed E-state index contributed by atoms with van der Waals surface area (Å²) in [5.41, 5.74) is 5.78. The predicted molar refractivity (Wildman–Crippen MR) is 108 cm³/mol. The van der Waals surface area contributed by atoms with Gasteiger partial charge in [0.2, 0.25) is 0 Å². The van der Waals surface area contributed by atoms with Gasteiger partial charge >= 0.3 is 0 Å². The smallest absolute Gasteiger partial charge is 0.251 e. The molecule has 0 spiro atoms. The first-order valence-corrected chi connectivity index (χ1v) is 10.1. The van der Waals surface area contributed by atoms with Gasteiger partial charge in [-0.1, -0.05) is 30.3 Å². The minimum atomic E-state index is -0.0800. The minimum Gasteiger partial charge on any atom is -0.345 e. The van der Waals surface area contributed by atoms with Crippen molar-refractivity contribution in [1.82, 2.24) is 23.8 Å². The van der Waals surface area contributed by atoms with Crippen LogP contribution in [-0.4, -0.2) is 24.4 Å². The summed E-state index contributed by atoms with van der Waals surface area (Å²) in [5.74, 6) is -0.0800. The van der Waals surface area contributed by atoms with Crippen LogP contribution in [0.25, 0.3) is 11.0 Å². The molecule has 6 nitrogen and oxygen atoms in total. The quantitative estimate of drug-likeness (QED) is 0.577. The number of rotatable bonds is 4. The molecule has 0 radical (unpaired) electrons. The Morgan fingerprint density at radius 2 is 2.00 bits per heavy atom. The Balaban J connectivity index is 1.37. The highest BCUT2D eigenvalue weighted by atomic mass is 32.1. The van der Waals surface area contributed by atoms with Crippen LogP contribution in [0.1, 0.15) is 46.1 Å². The Morgan fingerprint density at radius 1 is 1.14 bits per heavy atom. The summed E-state index contributed by atoms with van der Waals surface area (Å²) < 4.78 is 10.5. The molecule has 7 heteroatoms. The Bertz CT molecular complexity index is 1130. The number of nitrogens with zero attached hydrogens (tertiary/aromatic N) is 4. The van der Waals surface area contributed by atoms with Gasteiger partial charge in [-0.05, 0) is 43.0 Å². The third-order valence-electron chi connectivity index (χ3n) is 5.26. The molecule has 2 aromatic heterocycles. The number of amides is 1. The molecule has 1 N–H and O–H groups in total. The van der Waals surface area contributed by atoms with Crippen molar-refractivity contribution in [1.29, 1.82) is 0 Å². The fraction of sp³-hybridized carbons (Fsp3) is 0.238. The van der Waals surface area contributed by atoms with Gasteiger partial charge in [0.05, 0.1) is 30.5 Å². The highest BCUT2D eigenvalue weighted by molar-refractivity contribution is 7.00. The van der Waals surface area contributed by atoms with Crippen molar-refractivity contribution >= 4 is 28.7 Å². The zero-order chi connectivity index (χ0) is 18.9.